The molecule has 0 bridgehead atoms. The fourth-order valence-electron chi connectivity index (χ4n) is 2.26. The van der Waals surface area contributed by atoms with Crippen molar-refractivity contribution in [1.29, 1.82) is 0 Å². The maximum atomic E-state index is 12.9. The fourth-order valence-corrected chi connectivity index (χ4v) is 2.26. The molecule has 0 radical (unpaired) electrons. The molecule has 1 unspecified atom stereocenters. The van der Waals surface area contributed by atoms with Gasteiger partial charge in [0.1, 0.15) is 5.82 Å². The Kier molecular flexibility index (Phi) is 4.51. The van der Waals surface area contributed by atoms with Gasteiger partial charge in [-0.05, 0) is 36.2 Å². The van der Waals surface area contributed by atoms with Gasteiger partial charge in [-0.3, -0.25) is 4.79 Å². The fraction of sp³-hybridized carbons (Fsp3) is 0.235. The van der Waals surface area contributed by atoms with Crippen molar-refractivity contribution in [2.75, 3.05) is 11.9 Å². The molecule has 0 saturated heterocycles. The lowest BCUT2D eigenvalue weighted by Crippen LogP contribution is -2.31. The molecule has 2 aromatic carbocycles. The monoisotopic (exact) mass is 271 g/mol. The predicted octanol–water partition coefficient (Wildman–Crippen LogP) is 3.98. The van der Waals surface area contributed by atoms with Gasteiger partial charge in [-0.15, -0.1) is 0 Å². The Labute approximate surface area is 118 Å². The molecule has 0 spiro atoms. The third-order valence-electron chi connectivity index (χ3n) is 3.45. The van der Waals surface area contributed by atoms with Gasteiger partial charge in [0, 0.05) is 12.7 Å². The normalized spacial score (nSPS) is 11.9. The summed E-state index contributed by atoms with van der Waals surface area (Å²) in [5.41, 5.74) is 1.71. The van der Waals surface area contributed by atoms with Gasteiger partial charge in [0.15, 0.2) is 0 Å². The zero-order valence-corrected chi connectivity index (χ0v) is 11.7. The van der Waals surface area contributed by atoms with Crippen molar-refractivity contribution in [2.45, 2.75) is 19.3 Å². The highest BCUT2D eigenvalue weighted by molar-refractivity contribution is 5.97. The summed E-state index contributed by atoms with van der Waals surface area (Å²) in [6.07, 6.45) is 0.731. The maximum absolute atomic E-state index is 12.9. The van der Waals surface area contributed by atoms with E-state index in [1.54, 1.807) is 24.1 Å². The number of benzene rings is 2. The Balaban J connectivity index is 2.22. The minimum absolute atomic E-state index is 0.0188. The van der Waals surface area contributed by atoms with Crippen LogP contribution in [0.3, 0.4) is 0 Å². The Bertz CT molecular complexity index is 565. The van der Waals surface area contributed by atoms with Crippen molar-refractivity contribution < 1.29 is 9.18 Å². The molecule has 0 fully saturated rings. The first-order valence-corrected chi connectivity index (χ1v) is 6.71. The molecule has 2 nitrogen and oxygen atoms in total. The topological polar surface area (TPSA) is 20.3 Å². The van der Waals surface area contributed by atoms with E-state index in [2.05, 4.69) is 0 Å². The van der Waals surface area contributed by atoms with Crippen molar-refractivity contribution in [1.82, 2.24) is 0 Å². The van der Waals surface area contributed by atoms with Crippen LogP contribution in [-0.4, -0.2) is 13.0 Å². The Morgan fingerprint density at radius 2 is 1.70 bits per heavy atom. The smallest absolute Gasteiger partial charge is 0.234 e. The number of anilines is 1. The van der Waals surface area contributed by atoms with E-state index in [0.29, 0.717) is 5.69 Å². The van der Waals surface area contributed by atoms with Crippen LogP contribution in [0.5, 0.6) is 0 Å². The van der Waals surface area contributed by atoms with Crippen LogP contribution >= 0.6 is 0 Å². The summed E-state index contributed by atoms with van der Waals surface area (Å²) < 4.78 is 12.9. The van der Waals surface area contributed by atoms with Crippen molar-refractivity contribution in [3.05, 3.63) is 66.0 Å². The quantitative estimate of drug-likeness (QED) is 0.823. The van der Waals surface area contributed by atoms with Gasteiger partial charge in [-0.1, -0.05) is 37.3 Å². The molecule has 0 heterocycles. The van der Waals surface area contributed by atoms with E-state index < -0.39 is 0 Å². The molecule has 20 heavy (non-hydrogen) atoms. The maximum Gasteiger partial charge on any atom is 0.234 e. The first-order valence-electron chi connectivity index (χ1n) is 6.71. The number of amides is 1. The van der Waals surface area contributed by atoms with Crippen molar-refractivity contribution in [2.24, 2.45) is 0 Å². The van der Waals surface area contributed by atoms with Crippen LogP contribution in [0.1, 0.15) is 24.8 Å². The van der Waals surface area contributed by atoms with Gasteiger partial charge in [0.05, 0.1) is 5.92 Å². The third-order valence-corrected chi connectivity index (χ3v) is 3.45. The second kappa shape index (κ2) is 6.33. The zero-order chi connectivity index (χ0) is 14.5. The van der Waals surface area contributed by atoms with Crippen LogP contribution in [0, 0.1) is 5.82 Å². The molecule has 0 saturated carbocycles. The number of nitrogens with zero attached hydrogens (tertiary/aromatic N) is 1. The van der Waals surface area contributed by atoms with E-state index in [0.717, 1.165) is 12.0 Å². The van der Waals surface area contributed by atoms with Gasteiger partial charge in [-0.25, -0.2) is 4.39 Å². The van der Waals surface area contributed by atoms with Crippen LogP contribution < -0.4 is 4.90 Å². The summed E-state index contributed by atoms with van der Waals surface area (Å²) in [6, 6.07) is 15.7. The predicted molar refractivity (Wildman–Crippen MR) is 79.3 cm³/mol. The molecule has 0 aromatic heterocycles. The summed E-state index contributed by atoms with van der Waals surface area (Å²) in [5, 5.41) is 0. The van der Waals surface area contributed by atoms with E-state index in [-0.39, 0.29) is 17.6 Å². The van der Waals surface area contributed by atoms with Gasteiger partial charge in [0.2, 0.25) is 5.91 Å². The SMILES string of the molecule is CCC(C(=O)N(C)c1ccc(F)cc1)c1ccccc1. The highest BCUT2D eigenvalue weighted by atomic mass is 19.1. The van der Waals surface area contributed by atoms with Crippen LogP contribution in [0.4, 0.5) is 10.1 Å². The molecule has 0 N–H and O–H groups in total. The Morgan fingerprint density at radius 1 is 1.10 bits per heavy atom. The molecular weight excluding hydrogens is 253 g/mol. The largest absolute Gasteiger partial charge is 0.315 e. The van der Waals surface area contributed by atoms with Crippen LogP contribution in [0.2, 0.25) is 0 Å². The number of halogens is 1. The lowest BCUT2D eigenvalue weighted by molar-refractivity contribution is -0.119. The van der Waals surface area contributed by atoms with E-state index in [4.69, 9.17) is 0 Å². The molecule has 1 atom stereocenters. The van der Waals surface area contributed by atoms with Gasteiger partial charge < -0.3 is 4.90 Å². The number of rotatable bonds is 4. The lowest BCUT2D eigenvalue weighted by atomic mass is 9.95. The van der Waals surface area contributed by atoms with E-state index in [1.165, 1.54) is 12.1 Å². The number of likely N-dealkylation sites (N-methyl/N-ethyl adjacent to an activating group) is 1. The molecular formula is C17H18FNO. The molecule has 2 rings (SSSR count). The summed E-state index contributed by atoms with van der Waals surface area (Å²) >= 11 is 0. The second-order valence-electron chi connectivity index (χ2n) is 4.75. The highest BCUT2D eigenvalue weighted by Gasteiger charge is 2.22. The summed E-state index contributed by atoms with van der Waals surface area (Å²) in [5.74, 6) is -0.457. The molecule has 0 aliphatic carbocycles. The molecule has 0 aliphatic heterocycles. The second-order valence-corrected chi connectivity index (χ2v) is 4.75. The first kappa shape index (κ1) is 14.3. The van der Waals surface area contributed by atoms with Crippen LogP contribution in [0.25, 0.3) is 0 Å². The molecule has 1 amide bonds. The van der Waals surface area contributed by atoms with Crippen LogP contribution in [0.15, 0.2) is 54.6 Å². The number of carbonyl (C=O) groups is 1. The minimum Gasteiger partial charge on any atom is -0.315 e. The number of hydrogen-bond acceptors (Lipinski definition) is 1. The third kappa shape index (κ3) is 3.05. The standard InChI is InChI=1S/C17H18FNO/c1-3-16(13-7-5-4-6-8-13)17(20)19(2)15-11-9-14(18)10-12-15/h4-12,16H,3H2,1-2H3. The van der Waals surface area contributed by atoms with Crippen molar-refractivity contribution in [3.8, 4) is 0 Å². The summed E-state index contributed by atoms with van der Waals surface area (Å²) in [4.78, 5) is 14.2. The van der Waals surface area contributed by atoms with E-state index >= 15 is 0 Å². The van der Waals surface area contributed by atoms with E-state index in [1.807, 2.05) is 37.3 Å². The number of carbonyl (C=O) groups excluding carboxylic acids is 1. The van der Waals surface area contributed by atoms with Gasteiger partial charge >= 0.3 is 0 Å². The van der Waals surface area contributed by atoms with Crippen LogP contribution in [-0.2, 0) is 4.79 Å². The lowest BCUT2D eigenvalue weighted by Gasteiger charge is -2.23. The van der Waals surface area contributed by atoms with E-state index in [9.17, 15) is 9.18 Å². The molecule has 0 aliphatic rings. The minimum atomic E-state index is -0.301. The molecule has 3 heteroatoms. The average Bonchev–Trinajstić information content (AvgIpc) is 2.49. The van der Waals surface area contributed by atoms with Crippen molar-refractivity contribution >= 4 is 11.6 Å². The van der Waals surface area contributed by atoms with Crippen molar-refractivity contribution in [3.63, 3.8) is 0 Å². The molecule has 2 aromatic rings. The Morgan fingerprint density at radius 3 is 2.25 bits per heavy atom. The Hall–Kier alpha value is -2.16. The number of hydrogen-bond donors (Lipinski definition) is 0. The molecule has 104 valence electrons. The average molecular weight is 271 g/mol. The summed E-state index contributed by atoms with van der Waals surface area (Å²) in [6.45, 7) is 1.99. The summed E-state index contributed by atoms with van der Waals surface area (Å²) in [7, 11) is 1.72. The van der Waals surface area contributed by atoms with Gasteiger partial charge in [-0.2, -0.15) is 0 Å². The highest BCUT2D eigenvalue weighted by Crippen LogP contribution is 2.24. The van der Waals surface area contributed by atoms with Gasteiger partial charge in [0.25, 0.3) is 0 Å². The zero-order valence-electron chi connectivity index (χ0n) is 11.7. The first-order chi connectivity index (χ1) is 9.63.